The van der Waals surface area contributed by atoms with E-state index < -0.39 is 5.97 Å². The van der Waals surface area contributed by atoms with Crippen molar-refractivity contribution in [3.05, 3.63) is 58.1 Å². The molecule has 24 heavy (non-hydrogen) atoms. The number of rotatable bonds is 6. The van der Waals surface area contributed by atoms with E-state index in [0.29, 0.717) is 27.1 Å². The topological polar surface area (TPSA) is 83.1 Å². The van der Waals surface area contributed by atoms with Gasteiger partial charge in [-0.05, 0) is 42.5 Å². The SMILES string of the molecule is COc1ccc(C(=O)ON=C(N)COc2ccc(Cl)cc2Cl)cc1. The van der Waals surface area contributed by atoms with Gasteiger partial charge < -0.3 is 20.0 Å². The van der Waals surface area contributed by atoms with Gasteiger partial charge in [0, 0.05) is 5.02 Å². The lowest BCUT2D eigenvalue weighted by Gasteiger charge is -2.07. The summed E-state index contributed by atoms with van der Waals surface area (Å²) in [4.78, 5) is 16.6. The second-order valence-electron chi connectivity index (χ2n) is 4.55. The first-order valence-corrected chi connectivity index (χ1v) is 7.51. The Morgan fingerprint density at radius 2 is 1.88 bits per heavy atom. The molecule has 0 aromatic heterocycles. The fourth-order valence-electron chi connectivity index (χ4n) is 1.65. The molecule has 0 saturated carbocycles. The summed E-state index contributed by atoms with van der Waals surface area (Å²) in [6.45, 7) is -0.1000. The van der Waals surface area contributed by atoms with E-state index >= 15 is 0 Å². The van der Waals surface area contributed by atoms with Crippen LogP contribution in [0.1, 0.15) is 10.4 Å². The maximum absolute atomic E-state index is 11.8. The fourth-order valence-corrected chi connectivity index (χ4v) is 2.11. The van der Waals surface area contributed by atoms with Gasteiger partial charge in [0.15, 0.2) is 5.84 Å². The van der Waals surface area contributed by atoms with Gasteiger partial charge in [0.1, 0.15) is 18.1 Å². The quantitative estimate of drug-likeness (QED) is 0.365. The molecule has 0 radical (unpaired) electrons. The van der Waals surface area contributed by atoms with Crippen molar-refractivity contribution in [3.8, 4) is 11.5 Å². The maximum Gasteiger partial charge on any atom is 0.365 e. The number of amidine groups is 1. The highest BCUT2D eigenvalue weighted by Crippen LogP contribution is 2.27. The number of carbonyl (C=O) groups excluding carboxylic acids is 1. The molecule has 0 unspecified atom stereocenters. The molecule has 0 bridgehead atoms. The summed E-state index contributed by atoms with van der Waals surface area (Å²) in [5.74, 6) is 0.344. The second-order valence-corrected chi connectivity index (χ2v) is 5.40. The normalized spacial score (nSPS) is 11.0. The fraction of sp³-hybridized carbons (Fsp3) is 0.125. The standard InChI is InChI=1S/C16H14Cl2N2O4/c1-22-12-5-2-10(3-6-12)16(21)24-20-15(19)9-23-14-7-4-11(17)8-13(14)18/h2-8H,9H2,1H3,(H2,19,20). The highest BCUT2D eigenvalue weighted by atomic mass is 35.5. The van der Waals surface area contributed by atoms with Crippen LogP contribution < -0.4 is 15.2 Å². The van der Waals surface area contributed by atoms with Crippen LogP contribution in [0.4, 0.5) is 0 Å². The van der Waals surface area contributed by atoms with E-state index in [1.807, 2.05) is 0 Å². The Hall–Kier alpha value is -2.44. The Balaban J connectivity index is 1.89. The third-order valence-electron chi connectivity index (χ3n) is 2.84. The van der Waals surface area contributed by atoms with E-state index in [4.69, 9.17) is 43.2 Å². The van der Waals surface area contributed by atoms with Crippen LogP contribution in [-0.2, 0) is 4.84 Å². The Morgan fingerprint density at radius 1 is 1.17 bits per heavy atom. The number of methoxy groups -OCH3 is 1. The van der Waals surface area contributed by atoms with E-state index in [-0.39, 0.29) is 12.4 Å². The third kappa shape index (κ3) is 5.04. The van der Waals surface area contributed by atoms with Crippen molar-refractivity contribution in [1.82, 2.24) is 0 Å². The first-order valence-electron chi connectivity index (χ1n) is 6.75. The van der Waals surface area contributed by atoms with E-state index in [0.717, 1.165) is 0 Å². The molecule has 126 valence electrons. The van der Waals surface area contributed by atoms with Gasteiger partial charge in [-0.25, -0.2) is 4.79 Å². The van der Waals surface area contributed by atoms with Gasteiger partial charge in [-0.2, -0.15) is 0 Å². The number of nitrogens with zero attached hydrogens (tertiary/aromatic N) is 1. The minimum Gasteiger partial charge on any atom is -0.497 e. The van der Waals surface area contributed by atoms with Crippen LogP contribution in [0.3, 0.4) is 0 Å². The molecule has 0 atom stereocenters. The minimum atomic E-state index is -0.648. The Kier molecular flexibility index (Phi) is 6.28. The summed E-state index contributed by atoms with van der Waals surface area (Å²) in [5, 5.41) is 4.35. The van der Waals surface area contributed by atoms with Crippen molar-refractivity contribution >= 4 is 35.0 Å². The molecule has 2 N–H and O–H groups in total. The van der Waals surface area contributed by atoms with Crippen LogP contribution in [0.2, 0.25) is 10.0 Å². The van der Waals surface area contributed by atoms with Gasteiger partial charge in [-0.3, -0.25) is 0 Å². The molecule has 0 amide bonds. The predicted molar refractivity (Wildman–Crippen MR) is 92.0 cm³/mol. The molecule has 2 aromatic rings. The monoisotopic (exact) mass is 368 g/mol. The van der Waals surface area contributed by atoms with Crippen LogP contribution in [0.5, 0.6) is 11.5 Å². The van der Waals surface area contributed by atoms with E-state index in [9.17, 15) is 4.79 Å². The van der Waals surface area contributed by atoms with Crippen molar-refractivity contribution < 1.29 is 19.1 Å². The number of hydrogen-bond donors (Lipinski definition) is 1. The average molecular weight is 369 g/mol. The van der Waals surface area contributed by atoms with Crippen molar-refractivity contribution in [2.45, 2.75) is 0 Å². The summed E-state index contributed by atoms with van der Waals surface area (Å²) >= 11 is 11.7. The lowest BCUT2D eigenvalue weighted by molar-refractivity contribution is 0.0513. The van der Waals surface area contributed by atoms with Crippen molar-refractivity contribution in [3.63, 3.8) is 0 Å². The summed E-state index contributed by atoms with van der Waals surface area (Å²) < 4.78 is 10.4. The average Bonchev–Trinajstić information content (AvgIpc) is 2.59. The molecular formula is C16H14Cl2N2O4. The van der Waals surface area contributed by atoms with E-state index in [1.54, 1.807) is 36.4 Å². The summed E-state index contributed by atoms with van der Waals surface area (Å²) in [6.07, 6.45) is 0. The molecule has 6 nitrogen and oxygen atoms in total. The summed E-state index contributed by atoms with van der Waals surface area (Å²) in [7, 11) is 1.53. The van der Waals surface area contributed by atoms with Gasteiger partial charge in [0.05, 0.1) is 17.7 Å². The molecule has 2 rings (SSSR count). The van der Waals surface area contributed by atoms with Crippen LogP contribution in [0.25, 0.3) is 0 Å². The van der Waals surface area contributed by atoms with Crippen molar-refractivity contribution in [2.75, 3.05) is 13.7 Å². The number of oxime groups is 1. The summed E-state index contributed by atoms with van der Waals surface area (Å²) in [5.41, 5.74) is 5.95. The Labute approximate surface area is 148 Å². The smallest absolute Gasteiger partial charge is 0.365 e. The Morgan fingerprint density at radius 3 is 2.50 bits per heavy atom. The molecule has 0 spiro atoms. The predicted octanol–water partition coefficient (Wildman–Crippen LogP) is 3.51. The van der Waals surface area contributed by atoms with Gasteiger partial charge in [-0.15, -0.1) is 0 Å². The zero-order valence-corrected chi connectivity index (χ0v) is 14.2. The first kappa shape index (κ1) is 17.9. The van der Waals surface area contributed by atoms with Crippen LogP contribution >= 0.6 is 23.2 Å². The minimum absolute atomic E-state index is 0.0251. The highest BCUT2D eigenvalue weighted by molar-refractivity contribution is 6.35. The van der Waals surface area contributed by atoms with Crippen LogP contribution in [0.15, 0.2) is 47.6 Å². The molecule has 0 aliphatic rings. The maximum atomic E-state index is 11.8. The van der Waals surface area contributed by atoms with Gasteiger partial charge in [0.2, 0.25) is 0 Å². The lowest BCUT2D eigenvalue weighted by atomic mass is 10.2. The van der Waals surface area contributed by atoms with E-state index in [2.05, 4.69) is 5.16 Å². The molecule has 0 saturated heterocycles. The summed E-state index contributed by atoms with van der Waals surface area (Å²) in [6, 6.07) is 11.1. The van der Waals surface area contributed by atoms with Crippen LogP contribution in [0, 0.1) is 0 Å². The molecule has 8 heteroatoms. The van der Waals surface area contributed by atoms with Gasteiger partial charge >= 0.3 is 5.97 Å². The number of nitrogens with two attached hydrogens (primary N) is 1. The number of hydrogen-bond acceptors (Lipinski definition) is 5. The number of halogens is 2. The number of ether oxygens (including phenoxy) is 2. The van der Waals surface area contributed by atoms with Crippen molar-refractivity contribution in [2.24, 2.45) is 10.9 Å². The highest BCUT2D eigenvalue weighted by Gasteiger charge is 2.08. The molecular weight excluding hydrogens is 355 g/mol. The number of benzene rings is 2. The molecule has 0 fully saturated rings. The third-order valence-corrected chi connectivity index (χ3v) is 3.37. The zero-order chi connectivity index (χ0) is 17.5. The largest absolute Gasteiger partial charge is 0.497 e. The van der Waals surface area contributed by atoms with Crippen molar-refractivity contribution in [1.29, 1.82) is 0 Å². The lowest BCUT2D eigenvalue weighted by Crippen LogP contribution is -2.22. The van der Waals surface area contributed by atoms with Crippen LogP contribution in [-0.4, -0.2) is 25.5 Å². The zero-order valence-electron chi connectivity index (χ0n) is 12.7. The molecule has 0 aliphatic carbocycles. The molecule has 0 aliphatic heterocycles. The second kappa shape index (κ2) is 8.42. The van der Waals surface area contributed by atoms with Gasteiger partial charge in [0.25, 0.3) is 0 Å². The van der Waals surface area contributed by atoms with E-state index in [1.165, 1.54) is 13.2 Å². The number of carbonyl (C=O) groups is 1. The van der Waals surface area contributed by atoms with Gasteiger partial charge in [-0.1, -0.05) is 28.4 Å². The Bertz CT molecular complexity index is 748. The first-order chi connectivity index (χ1) is 11.5. The molecule has 0 heterocycles. The molecule has 2 aromatic carbocycles.